The van der Waals surface area contributed by atoms with Crippen LogP contribution in [0.1, 0.15) is 23.2 Å². The molecule has 124 valence electrons. The van der Waals surface area contributed by atoms with Crippen LogP contribution < -0.4 is 0 Å². The molecule has 1 aliphatic rings. The van der Waals surface area contributed by atoms with E-state index in [2.05, 4.69) is 5.92 Å². The van der Waals surface area contributed by atoms with Crippen LogP contribution in [0, 0.1) is 18.3 Å². The summed E-state index contributed by atoms with van der Waals surface area (Å²) in [6.07, 6.45) is 11.3. The number of carbonyl (C=O) groups is 1. The van der Waals surface area contributed by atoms with Crippen molar-refractivity contribution < 1.29 is 9.53 Å². The third-order valence-corrected chi connectivity index (χ3v) is 4.36. The Morgan fingerprint density at radius 1 is 1.25 bits per heavy atom. The van der Waals surface area contributed by atoms with Crippen LogP contribution in [0.2, 0.25) is 0 Å². The number of ether oxygens (including phenoxy) is 1. The van der Waals surface area contributed by atoms with Gasteiger partial charge in [-0.3, -0.25) is 4.79 Å². The molecule has 0 N–H and O–H groups in total. The molecule has 0 aliphatic carbocycles. The van der Waals surface area contributed by atoms with Crippen LogP contribution >= 0.6 is 0 Å². The van der Waals surface area contributed by atoms with E-state index in [1.165, 1.54) is 0 Å². The van der Waals surface area contributed by atoms with Gasteiger partial charge in [0.1, 0.15) is 6.61 Å². The van der Waals surface area contributed by atoms with E-state index in [0.717, 1.165) is 37.2 Å². The molecule has 1 unspecified atom stereocenters. The fourth-order valence-electron chi connectivity index (χ4n) is 3.14. The summed E-state index contributed by atoms with van der Waals surface area (Å²) in [5.41, 5.74) is 1.78. The van der Waals surface area contributed by atoms with Gasteiger partial charge < -0.3 is 14.2 Å². The molecule has 2 heterocycles. The average Bonchev–Trinajstić information content (AvgIpc) is 3.16. The molecule has 0 spiro atoms. The Labute approximate surface area is 143 Å². The molecule has 24 heavy (non-hydrogen) atoms. The number of aromatic nitrogens is 1. The minimum absolute atomic E-state index is 0.0932. The third-order valence-electron chi connectivity index (χ3n) is 4.36. The molecule has 0 saturated carbocycles. The van der Waals surface area contributed by atoms with E-state index in [-0.39, 0.29) is 5.91 Å². The first kappa shape index (κ1) is 16.4. The molecule has 4 nitrogen and oxygen atoms in total. The predicted molar refractivity (Wildman–Crippen MR) is 94.0 cm³/mol. The highest BCUT2D eigenvalue weighted by atomic mass is 16.5. The van der Waals surface area contributed by atoms with Crippen molar-refractivity contribution in [2.45, 2.75) is 12.8 Å². The Bertz CT molecular complexity index is 698. The highest BCUT2D eigenvalue weighted by Gasteiger charge is 2.24. The molecule has 0 radical (unpaired) electrons. The van der Waals surface area contributed by atoms with Gasteiger partial charge in [-0.1, -0.05) is 5.92 Å². The summed E-state index contributed by atoms with van der Waals surface area (Å²) in [6.45, 7) is 2.51. The lowest BCUT2D eigenvalue weighted by Crippen LogP contribution is -2.41. The molecule has 4 heteroatoms. The predicted octanol–water partition coefficient (Wildman–Crippen LogP) is 2.98. The molecule has 1 fully saturated rings. The molecule has 1 atom stereocenters. The second kappa shape index (κ2) is 7.85. The standard InChI is InChI=1S/C20H22N2O2/c1-2-14-24-16-17-6-5-13-22(15-17)20(23)18-7-9-19(10-8-18)21-11-3-4-12-21/h1,3-4,7-12,17H,5-6,13-16H2. The molecular formula is C20H22N2O2. The van der Waals surface area contributed by atoms with E-state index in [4.69, 9.17) is 11.2 Å². The molecule has 0 bridgehead atoms. The smallest absolute Gasteiger partial charge is 0.253 e. The Morgan fingerprint density at radius 2 is 2.00 bits per heavy atom. The SMILES string of the molecule is C#CCOCC1CCCN(C(=O)c2ccc(-n3cccc3)cc2)C1. The van der Waals surface area contributed by atoms with Gasteiger partial charge in [-0.05, 0) is 49.2 Å². The molecule has 1 amide bonds. The first-order valence-corrected chi connectivity index (χ1v) is 8.32. The zero-order valence-corrected chi connectivity index (χ0v) is 13.7. The Kier molecular flexibility index (Phi) is 5.35. The number of piperidine rings is 1. The number of hydrogen-bond acceptors (Lipinski definition) is 2. The second-order valence-corrected chi connectivity index (χ2v) is 6.12. The number of likely N-dealkylation sites (tertiary alicyclic amines) is 1. The maximum atomic E-state index is 12.7. The van der Waals surface area contributed by atoms with E-state index in [9.17, 15) is 4.79 Å². The summed E-state index contributed by atoms with van der Waals surface area (Å²) in [5, 5.41) is 0. The topological polar surface area (TPSA) is 34.5 Å². The van der Waals surface area contributed by atoms with Gasteiger partial charge in [0.2, 0.25) is 0 Å². The van der Waals surface area contributed by atoms with Crippen molar-refractivity contribution in [2.75, 3.05) is 26.3 Å². The van der Waals surface area contributed by atoms with E-state index < -0.39 is 0 Å². The molecular weight excluding hydrogens is 300 g/mol. The Morgan fingerprint density at radius 3 is 2.71 bits per heavy atom. The van der Waals surface area contributed by atoms with Gasteiger partial charge in [0.15, 0.2) is 0 Å². The fraction of sp³-hybridized carbons (Fsp3) is 0.350. The Hall–Kier alpha value is -2.51. The summed E-state index contributed by atoms with van der Waals surface area (Å²) in [5.74, 6) is 2.94. The van der Waals surface area contributed by atoms with Crippen molar-refractivity contribution in [1.29, 1.82) is 0 Å². The number of terminal acetylenes is 1. The highest BCUT2D eigenvalue weighted by molar-refractivity contribution is 5.94. The third kappa shape index (κ3) is 3.87. The fourth-order valence-corrected chi connectivity index (χ4v) is 3.14. The first-order chi connectivity index (χ1) is 11.8. The van der Waals surface area contributed by atoms with Crippen LogP contribution in [0.5, 0.6) is 0 Å². The van der Waals surface area contributed by atoms with Gasteiger partial charge >= 0.3 is 0 Å². The van der Waals surface area contributed by atoms with E-state index >= 15 is 0 Å². The van der Waals surface area contributed by atoms with Gasteiger partial charge in [0.25, 0.3) is 5.91 Å². The van der Waals surface area contributed by atoms with Gasteiger partial charge in [0.05, 0.1) is 6.61 Å². The zero-order chi connectivity index (χ0) is 16.8. The largest absolute Gasteiger partial charge is 0.368 e. The van der Waals surface area contributed by atoms with Crippen molar-refractivity contribution in [3.8, 4) is 18.0 Å². The van der Waals surface area contributed by atoms with E-state index in [0.29, 0.717) is 19.1 Å². The van der Waals surface area contributed by atoms with Crippen molar-refractivity contribution >= 4 is 5.91 Å². The number of benzene rings is 1. The van der Waals surface area contributed by atoms with Crippen LogP contribution in [0.3, 0.4) is 0 Å². The van der Waals surface area contributed by atoms with Crippen molar-refractivity contribution in [1.82, 2.24) is 9.47 Å². The first-order valence-electron chi connectivity index (χ1n) is 8.32. The average molecular weight is 322 g/mol. The molecule has 1 aromatic heterocycles. The van der Waals surface area contributed by atoms with Crippen LogP contribution in [-0.2, 0) is 4.74 Å². The van der Waals surface area contributed by atoms with Gasteiger partial charge in [-0.15, -0.1) is 6.42 Å². The maximum absolute atomic E-state index is 12.7. The van der Waals surface area contributed by atoms with Crippen molar-refractivity contribution in [3.05, 3.63) is 54.4 Å². The normalized spacial score (nSPS) is 17.5. The lowest BCUT2D eigenvalue weighted by atomic mass is 9.98. The molecule has 1 saturated heterocycles. The number of carbonyl (C=O) groups excluding carboxylic acids is 1. The summed E-state index contributed by atoms with van der Waals surface area (Å²) >= 11 is 0. The Balaban J connectivity index is 1.62. The molecule has 1 aliphatic heterocycles. The molecule has 2 aromatic rings. The van der Waals surface area contributed by atoms with Crippen molar-refractivity contribution in [3.63, 3.8) is 0 Å². The minimum Gasteiger partial charge on any atom is -0.368 e. The summed E-state index contributed by atoms with van der Waals surface area (Å²) < 4.78 is 7.46. The number of hydrogen-bond donors (Lipinski definition) is 0. The number of amides is 1. The molecule has 1 aromatic carbocycles. The summed E-state index contributed by atoms with van der Waals surface area (Å²) in [7, 11) is 0. The number of nitrogens with zero attached hydrogens (tertiary/aromatic N) is 2. The van der Waals surface area contributed by atoms with Gasteiger partial charge in [-0.25, -0.2) is 0 Å². The second-order valence-electron chi connectivity index (χ2n) is 6.12. The summed E-state index contributed by atoms with van der Waals surface area (Å²) in [6, 6.07) is 11.7. The lowest BCUT2D eigenvalue weighted by Gasteiger charge is -2.32. The van der Waals surface area contributed by atoms with Crippen molar-refractivity contribution in [2.24, 2.45) is 5.92 Å². The quantitative estimate of drug-likeness (QED) is 0.626. The van der Waals surface area contributed by atoms with Crippen LogP contribution in [-0.4, -0.2) is 41.7 Å². The van der Waals surface area contributed by atoms with Gasteiger partial charge in [0, 0.05) is 42.7 Å². The zero-order valence-electron chi connectivity index (χ0n) is 13.7. The summed E-state index contributed by atoms with van der Waals surface area (Å²) in [4.78, 5) is 14.6. The monoisotopic (exact) mass is 322 g/mol. The maximum Gasteiger partial charge on any atom is 0.253 e. The van der Waals surface area contributed by atoms with E-state index in [1.807, 2.05) is 58.3 Å². The van der Waals surface area contributed by atoms with Crippen LogP contribution in [0.25, 0.3) is 5.69 Å². The lowest BCUT2D eigenvalue weighted by molar-refractivity contribution is 0.0534. The minimum atomic E-state index is 0.0932. The molecule has 3 rings (SSSR count). The van der Waals surface area contributed by atoms with Gasteiger partial charge in [-0.2, -0.15) is 0 Å². The van der Waals surface area contributed by atoms with Crippen LogP contribution in [0.4, 0.5) is 0 Å². The number of rotatable bonds is 5. The highest BCUT2D eigenvalue weighted by Crippen LogP contribution is 2.20. The van der Waals surface area contributed by atoms with E-state index in [1.54, 1.807) is 0 Å². The van der Waals surface area contributed by atoms with Crippen LogP contribution in [0.15, 0.2) is 48.8 Å².